The Balaban J connectivity index is 5.08. The van der Waals surface area contributed by atoms with E-state index in [4.69, 9.17) is 33.2 Å². The van der Waals surface area contributed by atoms with Crippen LogP contribution in [-0.2, 0) is 0 Å². The fourth-order valence-corrected chi connectivity index (χ4v) is 2.86. The van der Waals surface area contributed by atoms with Gasteiger partial charge in [-0.1, -0.05) is 0 Å². The van der Waals surface area contributed by atoms with Gasteiger partial charge in [0, 0.05) is 6.42 Å². The van der Waals surface area contributed by atoms with Gasteiger partial charge in [-0.05, 0) is 12.5 Å². The standard InChI is InChI=1S/C7H6Cl3F9Si/c8-20(9,10)3-1-2-4(11,12)5(13,14)6(15,16)7(17,18)19/h1-3H2. The number of rotatable bonds is 6. The molecule has 13 heteroatoms. The van der Waals surface area contributed by atoms with Gasteiger partial charge < -0.3 is 0 Å². The first-order valence-electron chi connectivity index (χ1n) is 4.72. The van der Waals surface area contributed by atoms with E-state index in [0.717, 1.165) is 0 Å². The highest BCUT2D eigenvalue weighted by molar-refractivity contribution is 7.64. The van der Waals surface area contributed by atoms with Crippen molar-refractivity contribution in [3.63, 3.8) is 0 Å². The van der Waals surface area contributed by atoms with Gasteiger partial charge in [-0.2, -0.15) is 39.5 Å². The maximum Gasteiger partial charge on any atom is 0.460 e. The Morgan fingerprint density at radius 1 is 0.700 bits per heavy atom. The highest BCUT2D eigenvalue weighted by Crippen LogP contribution is 2.54. The topological polar surface area (TPSA) is 0 Å². The molecule has 0 atom stereocenters. The Hall–Kier alpha value is 0.457. The molecule has 0 aromatic carbocycles. The van der Waals surface area contributed by atoms with Crippen molar-refractivity contribution < 1.29 is 39.5 Å². The van der Waals surface area contributed by atoms with Gasteiger partial charge in [0.2, 0.25) is 0 Å². The Bertz CT molecular complexity index is 335. The van der Waals surface area contributed by atoms with Crippen LogP contribution in [0.15, 0.2) is 0 Å². The molecule has 0 radical (unpaired) electrons. The van der Waals surface area contributed by atoms with Crippen molar-refractivity contribution in [1.29, 1.82) is 0 Å². The summed E-state index contributed by atoms with van der Waals surface area (Å²) in [6.07, 6.45) is -9.71. The van der Waals surface area contributed by atoms with Crippen LogP contribution in [0.2, 0.25) is 6.04 Å². The Morgan fingerprint density at radius 2 is 1.10 bits per heavy atom. The maximum atomic E-state index is 13.0. The smallest absolute Gasteiger partial charge is 0.200 e. The van der Waals surface area contributed by atoms with E-state index in [1.165, 1.54) is 0 Å². The molecule has 20 heavy (non-hydrogen) atoms. The minimum absolute atomic E-state index is 0.582. The summed E-state index contributed by atoms with van der Waals surface area (Å²) in [6, 6.07) is -4.05. The molecule has 0 heterocycles. The van der Waals surface area contributed by atoms with Crippen LogP contribution in [0.25, 0.3) is 0 Å². The average Bonchev–Trinajstić information content (AvgIpc) is 2.12. The van der Waals surface area contributed by atoms with Crippen LogP contribution in [0.1, 0.15) is 12.8 Å². The minimum Gasteiger partial charge on any atom is -0.200 e. The first kappa shape index (κ1) is 20.5. The summed E-state index contributed by atoms with van der Waals surface area (Å²) in [5.74, 6) is -19.1. The third-order valence-electron chi connectivity index (χ3n) is 2.16. The normalized spacial score (nSPS) is 15.6. The van der Waals surface area contributed by atoms with E-state index in [1.54, 1.807) is 0 Å². The number of alkyl halides is 9. The monoisotopic (exact) mass is 394 g/mol. The zero-order valence-corrected chi connectivity index (χ0v) is 12.4. The lowest BCUT2D eigenvalue weighted by Crippen LogP contribution is -2.60. The van der Waals surface area contributed by atoms with Crippen LogP contribution >= 0.6 is 33.2 Å². The Kier molecular flexibility index (Phi) is 6.06. The van der Waals surface area contributed by atoms with E-state index in [2.05, 4.69) is 0 Å². The van der Waals surface area contributed by atoms with E-state index in [1.807, 2.05) is 0 Å². The van der Waals surface area contributed by atoms with Crippen LogP contribution < -0.4 is 0 Å². The lowest BCUT2D eigenvalue weighted by atomic mass is 10.00. The molecular formula is C7H6Cl3F9Si. The number of hydrogen-bond donors (Lipinski definition) is 0. The zero-order valence-electron chi connectivity index (χ0n) is 9.16. The van der Waals surface area contributed by atoms with Gasteiger partial charge in [-0.3, -0.25) is 0 Å². The van der Waals surface area contributed by atoms with Gasteiger partial charge >= 0.3 is 29.9 Å². The summed E-state index contributed by atoms with van der Waals surface area (Å²) in [6.45, 7) is 0. The molecule has 0 rings (SSSR count). The lowest BCUT2D eigenvalue weighted by Gasteiger charge is -2.33. The SMILES string of the molecule is FC(F)(F)C(F)(F)C(F)(F)C(F)(F)CCC[Si](Cl)(Cl)Cl. The van der Waals surface area contributed by atoms with E-state index < -0.39 is 48.8 Å². The summed E-state index contributed by atoms with van der Waals surface area (Å²) >= 11 is 15.7. The summed E-state index contributed by atoms with van der Waals surface area (Å²) < 4.78 is 112. The molecule has 0 fully saturated rings. The van der Waals surface area contributed by atoms with Crippen molar-refractivity contribution in [2.45, 2.75) is 42.8 Å². The molecule has 0 nitrogen and oxygen atoms in total. The van der Waals surface area contributed by atoms with Crippen LogP contribution in [0.5, 0.6) is 0 Å². The molecule has 0 aromatic rings. The molecule has 0 aliphatic carbocycles. The van der Waals surface area contributed by atoms with Crippen molar-refractivity contribution in [3.8, 4) is 0 Å². The first-order valence-corrected chi connectivity index (χ1v) is 9.97. The van der Waals surface area contributed by atoms with Crippen molar-refractivity contribution >= 4 is 39.2 Å². The second-order valence-electron chi connectivity index (χ2n) is 3.82. The first-order chi connectivity index (χ1) is 8.46. The highest BCUT2D eigenvalue weighted by atomic mass is 35.8. The molecule has 0 unspecified atom stereocenters. The number of halogens is 12. The van der Waals surface area contributed by atoms with Crippen molar-refractivity contribution in [2.24, 2.45) is 0 Å². The number of hydrogen-bond acceptors (Lipinski definition) is 0. The van der Waals surface area contributed by atoms with Gasteiger partial charge in [-0.25, -0.2) is 0 Å². The molecule has 0 N–H and O–H groups in total. The zero-order chi connectivity index (χ0) is 16.6. The second kappa shape index (κ2) is 5.92. The molecule has 0 bridgehead atoms. The van der Waals surface area contributed by atoms with Gasteiger partial charge in [-0.15, -0.1) is 33.2 Å². The van der Waals surface area contributed by atoms with Crippen LogP contribution in [0.3, 0.4) is 0 Å². The third kappa shape index (κ3) is 4.47. The van der Waals surface area contributed by atoms with Gasteiger partial charge in [0.05, 0.1) is 0 Å². The molecule has 122 valence electrons. The Morgan fingerprint density at radius 3 is 1.40 bits per heavy atom. The molecule has 0 aromatic heterocycles. The van der Waals surface area contributed by atoms with Crippen LogP contribution in [-0.4, -0.2) is 29.9 Å². The lowest BCUT2D eigenvalue weighted by molar-refractivity contribution is -0.396. The fourth-order valence-electron chi connectivity index (χ4n) is 1.08. The van der Waals surface area contributed by atoms with E-state index in [0.29, 0.717) is 0 Å². The summed E-state index contributed by atoms with van der Waals surface area (Å²) in [5.41, 5.74) is 0. The average molecular weight is 396 g/mol. The maximum absolute atomic E-state index is 13.0. The molecule has 0 spiro atoms. The minimum atomic E-state index is -6.87. The third-order valence-corrected chi connectivity index (χ3v) is 4.78. The fraction of sp³-hybridized carbons (Fsp3) is 1.00. The van der Waals surface area contributed by atoms with Gasteiger partial charge in [0.25, 0.3) is 0 Å². The molecule has 0 saturated heterocycles. The molecule has 0 saturated carbocycles. The second-order valence-corrected chi connectivity index (χ2v) is 13.1. The van der Waals surface area contributed by atoms with E-state index >= 15 is 0 Å². The summed E-state index contributed by atoms with van der Waals surface area (Å²) in [5, 5.41) is 0. The van der Waals surface area contributed by atoms with Crippen LogP contribution in [0.4, 0.5) is 39.5 Å². The van der Waals surface area contributed by atoms with Crippen molar-refractivity contribution in [1.82, 2.24) is 0 Å². The predicted octanol–water partition coefficient (Wildman–Crippen LogP) is 5.89. The quantitative estimate of drug-likeness (QED) is 0.299. The largest absolute Gasteiger partial charge is 0.460 e. The molecule has 0 aliphatic heterocycles. The molecule has 0 aliphatic rings. The Labute approximate surface area is 122 Å². The summed E-state index contributed by atoms with van der Waals surface area (Å²) in [4.78, 5) is 0. The van der Waals surface area contributed by atoms with Crippen LogP contribution in [0, 0.1) is 0 Å². The summed E-state index contributed by atoms with van der Waals surface area (Å²) in [7, 11) is 0. The van der Waals surface area contributed by atoms with Crippen molar-refractivity contribution in [3.05, 3.63) is 0 Å². The van der Waals surface area contributed by atoms with Crippen molar-refractivity contribution in [2.75, 3.05) is 0 Å². The molecule has 0 amide bonds. The van der Waals surface area contributed by atoms with Gasteiger partial charge in [0.1, 0.15) is 0 Å². The predicted molar refractivity (Wildman–Crippen MR) is 58.3 cm³/mol. The van der Waals surface area contributed by atoms with E-state index in [-0.39, 0.29) is 0 Å². The van der Waals surface area contributed by atoms with Gasteiger partial charge in [0.15, 0.2) is 0 Å². The highest BCUT2D eigenvalue weighted by Gasteiger charge is 2.81. The molecular weight excluding hydrogens is 390 g/mol. The van der Waals surface area contributed by atoms with E-state index in [9.17, 15) is 39.5 Å².